The van der Waals surface area contributed by atoms with Crippen LogP contribution in [0, 0.1) is 0 Å². The molecule has 5 nitrogen and oxygen atoms in total. The maximum absolute atomic E-state index is 10.6. The molecule has 0 radical (unpaired) electrons. The van der Waals surface area contributed by atoms with Gasteiger partial charge in [-0.05, 0) is 6.92 Å². The predicted molar refractivity (Wildman–Crippen MR) is 50.2 cm³/mol. The summed E-state index contributed by atoms with van der Waals surface area (Å²) in [6, 6.07) is 0. The molecular formula is C7H17NO4S. The van der Waals surface area contributed by atoms with Crippen LogP contribution in [-0.2, 0) is 19.5 Å². The van der Waals surface area contributed by atoms with Crippen LogP contribution in [-0.4, -0.2) is 47.6 Å². The number of ether oxygens (including phenoxy) is 2. The lowest BCUT2D eigenvalue weighted by atomic mass is 10.7. The van der Waals surface area contributed by atoms with Gasteiger partial charge in [-0.1, -0.05) is 0 Å². The largest absolute Gasteiger partial charge is 0.379 e. The van der Waals surface area contributed by atoms with Gasteiger partial charge in [0.05, 0.1) is 26.1 Å². The normalized spacial score (nSPS) is 11.8. The van der Waals surface area contributed by atoms with Gasteiger partial charge in [-0.3, -0.25) is 0 Å². The molecule has 0 aliphatic rings. The number of sulfonamides is 1. The molecule has 0 amide bonds. The molecule has 0 unspecified atom stereocenters. The van der Waals surface area contributed by atoms with Crippen LogP contribution >= 0.6 is 0 Å². The molecule has 0 aromatic heterocycles. The Morgan fingerprint density at radius 2 is 1.77 bits per heavy atom. The fraction of sp³-hybridized carbons (Fsp3) is 1.00. The minimum atomic E-state index is -3.08. The fourth-order valence-electron chi connectivity index (χ4n) is 0.663. The van der Waals surface area contributed by atoms with E-state index in [1.807, 2.05) is 6.92 Å². The van der Waals surface area contributed by atoms with Crippen LogP contribution in [0.2, 0.25) is 0 Å². The molecule has 0 aromatic carbocycles. The summed E-state index contributed by atoms with van der Waals surface area (Å²) in [5.41, 5.74) is 0. The Hall–Kier alpha value is -0.170. The number of rotatable bonds is 8. The molecule has 0 aliphatic carbocycles. The van der Waals surface area contributed by atoms with Crippen LogP contribution in [0.15, 0.2) is 0 Å². The predicted octanol–water partition coefficient (Wildman–Crippen LogP) is -0.411. The molecule has 80 valence electrons. The Kier molecular flexibility index (Phi) is 7.16. The van der Waals surface area contributed by atoms with Crippen molar-refractivity contribution in [3.8, 4) is 0 Å². The van der Waals surface area contributed by atoms with Crippen molar-refractivity contribution in [3.05, 3.63) is 0 Å². The van der Waals surface area contributed by atoms with Gasteiger partial charge < -0.3 is 9.47 Å². The van der Waals surface area contributed by atoms with E-state index < -0.39 is 10.0 Å². The monoisotopic (exact) mass is 211 g/mol. The Morgan fingerprint density at radius 3 is 2.31 bits per heavy atom. The van der Waals surface area contributed by atoms with Gasteiger partial charge in [0.1, 0.15) is 0 Å². The van der Waals surface area contributed by atoms with E-state index >= 15 is 0 Å². The Balaban J connectivity index is 3.09. The van der Waals surface area contributed by atoms with E-state index in [0.29, 0.717) is 33.0 Å². The van der Waals surface area contributed by atoms with Gasteiger partial charge in [0.15, 0.2) is 0 Å². The smallest absolute Gasteiger partial charge is 0.208 e. The van der Waals surface area contributed by atoms with Crippen molar-refractivity contribution in [1.29, 1.82) is 0 Å². The van der Waals surface area contributed by atoms with Crippen molar-refractivity contribution in [2.24, 2.45) is 0 Å². The average molecular weight is 211 g/mol. The molecule has 0 saturated heterocycles. The maximum Gasteiger partial charge on any atom is 0.208 e. The Labute approximate surface area is 79.5 Å². The van der Waals surface area contributed by atoms with Crippen molar-refractivity contribution in [2.45, 2.75) is 6.92 Å². The maximum atomic E-state index is 10.6. The summed E-state index contributed by atoms with van der Waals surface area (Å²) >= 11 is 0. The van der Waals surface area contributed by atoms with Crippen molar-refractivity contribution in [1.82, 2.24) is 4.72 Å². The summed E-state index contributed by atoms with van der Waals surface area (Å²) in [7, 11) is -3.08. The summed E-state index contributed by atoms with van der Waals surface area (Å²) in [6.07, 6.45) is 1.12. The Bertz CT molecular complexity index is 203. The van der Waals surface area contributed by atoms with E-state index in [4.69, 9.17) is 9.47 Å². The van der Waals surface area contributed by atoms with Crippen molar-refractivity contribution in [3.63, 3.8) is 0 Å². The average Bonchev–Trinajstić information content (AvgIpc) is 2.01. The summed E-state index contributed by atoms with van der Waals surface area (Å²) in [5.74, 6) is 0. The first-order chi connectivity index (χ1) is 6.06. The molecule has 0 saturated carbocycles. The van der Waals surface area contributed by atoms with Gasteiger partial charge in [0, 0.05) is 13.2 Å². The number of hydrogen-bond donors (Lipinski definition) is 1. The fourth-order valence-corrected chi connectivity index (χ4v) is 1.12. The molecule has 0 aromatic rings. The quantitative estimate of drug-likeness (QED) is 0.554. The SMILES string of the molecule is CCOCCOCCNS(C)(=O)=O. The highest BCUT2D eigenvalue weighted by molar-refractivity contribution is 7.88. The number of nitrogens with one attached hydrogen (secondary N) is 1. The standard InChI is InChI=1S/C7H17NO4S/c1-3-11-6-7-12-5-4-8-13(2,9)10/h8H,3-7H2,1-2H3. The lowest BCUT2D eigenvalue weighted by Gasteiger charge is -2.04. The van der Waals surface area contributed by atoms with Crippen LogP contribution in [0.5, 0.6) is 0 Å². The van der Waals surface area contributed by atoms with Gasteiger partial charge in [-0.15, -0.1) is 0 Å². The second-order valence-electron chi connectivity index (χ2n) is 2.48. The van der Waals surface area contributed by atoms with E-state index in [2.05, 4.69) is 4.72 Å². The zero-order valence-electron chi connectivity index (χ0n) is 8.08. The summed E-state index contributed by atoms with van der Waals surface area (Å²) < 4.78 is 33.6. The molecule has 0 fully saturated rings. The summed E-state index contributed by atoms with van der Waals surface area (Å²) in [4.78, 5) is 0. The zero-order valence-corrected chi connectivity index (χ0v) is 8.89. The first kappa shape index (κ1) is 12.8. The van der Waals surface area contributed by atoms with Gasteiger partial charge in [0.2, 0.25) is 10.0 Å². The van der Waals surface area contributed by atoms with Crippen molar-refractivity contribution >= 4 is 10.0 Å². The summed E-state index contributed by atoms with van der Waals surface area (Å²) in [6.45, 7) is 4.32. The third-order valence-electron chi connectivity index (χ3n) is 1.19. The van der Waals surface area contributed by atoms with Crippen LogP contribution < -0.4 is 4.72 Å². The van der Waals surface area contributed by atoms with Crippen LogP contribution in [0.1, 0.15) is 6.92 Å². The lowest BCUT2D eigenvalue weighted by molar-refractivity contribution is 0.0552. The minimum absolute atomic E-state index is 0.310. The molecule has 0 spiro atoms. The molecule has 0 heterocycles. The van der Waals surface area contributed by atoms with Gasteiger partial charge >= 0.3 is 0 Å². The highest BCUT2D eigenvalue weighted by Gasteiger charge is 1.97. The molecule has 6 heteroatoms. The molecule has 0 bridgehead atoms. The zero-order chi connectivity index (χ0) is 10.2. The first-order valence-electron chi connectivity index (χ1n) is 4.16. The molecular weight excluding hydrogens is 194 g/mol. The third kappa shape index (κ3) is 11.8. The van der Waals surface area contributed by atoms with E-state index in [9.17, 15) is 8.42 Å². The molecule has 0 rings (SSSR count). The highest BCUT2D eigenvalue weighted by Crippen LogP contribution is 1.78. The van der Waals surface area contributed by atoms with E-state index in [0.717, 1.165) is 6.26 Å². The lowest BCUT2D eigenvalue weighted by Crippen LogP contribution is -2.26. The van der Waals surface area contributed by atoms with Crippen molar-refractivity contribution in [2.75, 3.05) is 39.2 Å². The van der Waals surface area contributed by atoms with E-state index in [1.54, 1.807) is 0 Å². The molecule has 0 aliphatic heterocycles. The second-order valence-corrected chi connectivity index (χ2v) is 4.31. The number of hydrogen-bond acceptors (Lipinski definition) is 4. The molecule has 0 atom stereocenters. The Morgan fingerprint density at radius 1 is 1.15 bits per heavy atom. The molecule has 1 N–H and O–H groups in total. The molecule has 13 heavy (non-hydrogen) atoms. The van der Waals surface area contributed by atoms with Crippen LogP contribution in [0.3, 0.4) is 0 Å². The van der Waals surface area contributed by atoms with Gasteiger partial charge in [-0.2, -0.15) is 0 Å². The van der Waals surface area contributed by atoms with Crippen LogP contribution in [0.25, 0.3) is 0 Å². The summed E-state index contributed by atoms with van der Waals surface area (Å²) in [5, 5.41) is 0. The minimum Gasteiger partial charge on any atom is -0.379 e. The van der Waals surface area contributed by atoms with E-state index in [1.165, 1.54) is 0 Å². The highest BCUT2D eigenvalue weighted by atomic mass is 32.2. The third-order valence-corrected chi connectivity index (χ3v) is 1.92. The van der Waals surface area contributed by atoms with Crippen LogP contribution in [0.4, 0.5) is 0 Å². The first-order valence-corrected chi connectivity index (χ1v) is 6.05. The van der Waals surface area contributed by atoms with E-state index in [-0.39, 0.29) is 0 Å². The second kappa shape index (κ2) is 7.25. The van der Waals surface area contributed by atoms with Gasteiger partial charge in [-0.25, -0.2) is 13.1 Å². The topological polar surface area (TPSA) is 64.6 Å². The van der Waals surface area contributed by atoms with Gasteiger partial charge in [0.25, 0.3) is 0 Å². The van der Waals surface area contributed by atoms with Crippen molar-refractivity contribution < 1.29 is 17.9 Å².